The molecule has 0 bridgehead atoms. The fourth-order valence-corrected chi connectivity index (χ4v) is 2.65. The van der Waals surface area contributed by atoms with Crippen LogP contribution in [0.1, 0.15) is 32.6 Å². The molecule has 1 saturated carbocycles. The molecule has 0 aromatic heterocycles. The minimum atomic E-state index is -0.231. The zero-order valence-corrected chi connectivity index (χ0v) is 11.0. The van der Waals surface area contributed by atoms with Gasteiger partial charge in [0.2, 0.25) is 5.91 Å². The molecule has 0 aromatic rings. The summed E-state index contributed by atoms with van der Waals surface area (Å²) >= 11 is 0. The Balaban J connectivity index is 1.84. The van der Waals surface area contributed by atoms with Crippen LogP contribution in [0.2, 0.25) is 0 Å². The lowest BCUT2D eigenvalue weighted by Gasteiger charge is -2.32. The molecule has 0 saturated heterocycles. The Labute approximate surface area is 112 Å². The number of rotatable bonds is 4. The van der Waals surface area contributed by atoms with Gasteiger partial charge in [-0.05, 0) is 25.7 Å². The van der Waals surface area contributed by atoms with E-state index in [1.165, 1.54) is 17.1 Å². The summed E-state index contributed by atoms with van der Waals surface area (Å²) < 4.78 is 0. The molecule has 0 radical (unpaired) electrons. The number of nitrogens with one attached hydrogen (secondary N) is 2. The molecular formula is C13H19N3O3. The molecule has 1 heterocycles. The van der Waals surface area contributed by atoms with Crippen molar-refractivity contribution < 1.29 is 14.4 Å². The highest BCUT2D eigenvalue weighted by molar-refractivity contribution is 6.13. The summed E-state index contributed by atoms with van der Waals surface area (Å²) in [5.74, 6) is -0.496. The van der Waals surface area contributed by atoms with Gasteiger partial charge in [-0.1, -0.05) is 6.92 Å². The number of imide groups is 1. The molecule has 104 valence electrons. The van der Waals surface area contributed by atoms with Crippen LogP contribution in [0.4, 0.5) is 0 Å². The normalized spacial score (nSPS) is 26.9. The Bertz CT molecular complexity index is 393. The number of nitrogens with zero attached hydrogens (tertiary/aromatic N) is 1. The molecule has 6 heteroatoms. The summed E-state index contributed by atoms with van der Waals surface area (Å²) in [6, 6.07) is -0.0572. The second-order valence-corrected chi connectivity index (χ2v) is 4.90. The molecule has 1 aliphatic carbocycles. The maximum atomic E-state index is 11.8. The molecule has 0 spiro atoms. The third kappa shape index (κ3) is 3.01. The summed E-state index contributed by atoms with van der Waals surface area (Å²) in [6.45, 7) is 2.60. The molecule has 19 heavy (non-hydrogen) atoms. The molecule has 2 aliphatic rings. The Morgan fingerprint density at radius 3 is 2.32 bits per heavy atom. The van der Waals surface area contributed by atoms with E-state index >= 15 is 0 Å². The fraction of sp³-hybridized carbons (Fsp3) is 0.615. The van der Waals surface area contributed by atoms with Crippen LogP contribution in [0.15, 0.2) is 12.2 Å². The van der Waals surface area contributed by atoms with Gasteiger partial charge in [-0.2, -0.15) is 0 Å². The second kappa shape index (κ2) is 5.97. The summed E-state index contributed by atoms with van der Waals surface area (Å²) in [5, 5.41) is 0. The molecule has 6 nitrogen and oxygen atoms in total. The van der Waals surface area contributed by atoms with Crippen molar-refractivity contribution in [2.75, 3.05) is 6.54 Å². The molecule has 1 fully saturated rings. The molecule has 0 atom stereocenters. The SMILES string of the molecule is CCNNC(=O)C1CCC(N2C(=O)C=CC2=O)CC1. The lowest BCUT2D eigenvalue weighted by molar-refractivity contribution is -0.140. The standard InChI is InChI=1S/C13H19N3O3/c1-2-14-15-13(19)9-3-5-10(6-4-9)16-11(17)7-8-12(16)18/h7-10,14H,2-6H2,1H3,(H,15,19). The lowest BCUT2D eigenvalue weighted by Crippen LogP contribution is -2.46. The van der Waals surface area contributed by atoms with Gasteiger partial charge < -0.3 is 0 Å². The Kier molecular flexibility index (Phi) is 4.31. The quantitative estimate of drug-likeness (QED) is 0.558. The van der Waals surface area contributed by atoms with Crippen molar-refractivity contribution in [1.29, 1.82) is 0 Å². The number of hydrazine groups is 1. The van der Waals surface area contributed by atoms with Gasteiger partial charge >= 0.3 is 0 Å². The van der Waals surface area contributed by atoms with Gasteiger partial charge in [0.25, 0.3) is 11.8 Å². The van der Waals surface area contributed by atoms with Crippen molar-refractivity contribution >= 4 is 17.7 Å². The van der Waals surface area contributed by atoms with E-state index in [4.69, 9.17) is 0 Å². The van der Waals surface area contributed by atoms with Gasteiger partial charge in [-0.15, -0.1) is 0 Å². The first-order chi connectivity index (χ1) is 9.13. The average molecular weight is 265 g/mol. The van der Waals surface area contributed by atoms with Crippen molar-refractivity contribution in [1.82, 2.24) is 15.8 Å². The maximum Gasteiger partial charge on any atom is 0.253 e. The minimum Gasteiger partial charge on any atom is -0.291 e. The topological polar surface area (TPSA) is 78.5 Å². The number of amides is 3. The number of carbonyl (C=O) groups is 3. The Morgan fingerprint density at radius 2 is 1.79 bits per heavy atom. The minimum absolute atomic E-state index is 0.00231. The van der Waals surface area contributed by atoms with Crippen LogP contribution >= 0.6 is 0 Å². The maximum absolute atomic E-state index is 11.8. The predicted molar refractivity (Wildman–Crippen MR) is 68.6 cm³/mol. The smallest absolute Gasteiger partial charge is 0.253 e. The summed E-state index contributed by atoms with van der Waals surface area (Å²) in [4.78, 5) is 36.2. The molecule has 0 unspecified atom stereocenters. The van der Waals surface area contributed by atoms with Gasteiger partial charge in [0.15, 0.2) is 0 Å². The van der Waals surface area contributed by atoms with Crippen molar-refractivity contribution in [2.45, 2.75) is 38.6 Å². The highest BCUT2D eigenvalue weighted by Crippen LogP contribution is 2.29. The zero-order chi connectivity index (χ0) is 13.8. The van der Waals surface area contributed by atoms with E-state index in [2.05, 4.69) is 10.9 Å². The van der Waals surface area contributed by atoms with Crippen LogP contribution in [0.3, 0.4) is 0 Å². The van der Waals surface area contributed by atoms with Gasteiger partial charge in [0, 0.05) is 30.7 Å². The molecule has 2 N–H and O–H groups in total. The first kappa shape index (κ1) is 13.7. The monoisotopic (exact) mass is 265 g/mol. The summed E-state index contributed by atoms with van der Waals surface area (Å²) in [5.41, 5.74) is 5.45. The van der Waals surface area contributed by atoms with E-state index in [0.29, 0.717) is 32.2 Å². The molecular weight excluding hydrogens is 246 g/mol. The van der Waals surface area contributed by atoms with Crippen LogP contribution in [0.25, 0.3) is 0 Å². The lowest BCUT2D eigenvalue weighted by atomic mass is 9.85. The summed E-state index contributed by atoms with van der Waals surface area (Å²) in [6.07, 6.45) is 5.43. The largest absolute Gasteiger partial charge is 0.291 e. The van der Waals surface area contributed by atoms with Gasteiger partial charge in [0.1, 0.15) is 0 Å². The van der Waals surface area contributed by atoms with Crippen molar-refractivity contribution in [2.24, 2.45) is 5.92 Å². The van der Waals surface area contributed by atoms with E-state index in [1.54, 1.807) is 0 Å². The van der Waals surface area contributed by atoms with Crippen molar-refractivity contribution in [3.05, 3.63) is 12.2 Å². The van der Waals surface area contributed by atoms with E-state index in [1.807, 2.05) is 6.92 Å². The third-order valence-corrected chi connectivity index (χ3v) is 3.66. The highest BCUT2D eigenvalue weighted by Gasteiger charge is 2.35. The van der Waals surface area contributed by atoms with E-state index < -0.39 is 0 Å². The van der Waals surface area contributed by atoms with Crippen LogP contribution < -0.4 is 10.9 Å². The number of hydrogen-bond donors (Lipinski definition) is 2. The zero-order valence-electron chi connectivity index (χ0n) is 11.0. The van der Waals surface area contributed by atoms with Crippen LogP contribution in [0, 0.1) is 5.92 Å². The van der Waals surface area contributed by atoms with Crippen LogP contribution in [-0.4, -0.2) is 35.2 Å². The van der Waals surface area contributed by atoms with Gasteiger partial charge in [-0.3, -0.25) is 24.7 Å². The van der Waals surface area contributed by atoms with E-state index in [9.17, 15) is 14.4 Å². The second-order valence-electron chi connectivity index (χ2n) is 4.90. The fourth-order valence-electron chi connectivity index (χ4n) is 2.65. The summed E-state index contributed by atoms with van der Waals surface area (Å²) in [7, 11) is 0. The Morgan fingerprint density at radius 1 is 1.21 bits per heavy atom. The molecule has 2 rings (SSSR count). The first-order valence-electron chi connectivity index (χ1n) is 6.71. The average Bonchev–Trinajstić information content (AvgIpc) is 2.76. The van der Waals surface area contributed by atoms with Gasteiger partial charge in [0.05, 0.1) is 0 Å². The molecule has 3 amide bonds. The first-order valence-corrected chi connectivity index (χ1v) is 6.71. The Hall–Kier alpha value is -1.69. The highest BCUT2D eigenvalue weighted by atomic mass is 16.2. The van der Waals surface area contributed by atoms with Crippen molar-refractivity contribution in [3.63, 3.8) is 0 Å². The van der Waals surface area contributed by atoms with Crippen LogP contribution in [0.5, 0.6) is 0 Å². The van der Waals surface area contributed by atoms with E-state index in [0.717, 1.165) is 0 Å². The van der Waals surface area contributed by atoms with Gasteiger partial charge in [-0.25, -0.2) is 5.43 Å². The van der Waals surface area contributed by atoms with E-state index in [-0.39, 0.29) is 29.7 Å². The number of carbonyl (C=O) groups excluding carboxylic acids is 3. The molecule has 1 aliphatic heterocycles. The van der Waals surface area contributed by atoms with Crippen molar-refractivity contribution in [3.8, 4) is 0 Å². The third-order valence-electron chi connectivity index (χ3n) is 3.66. The predicted octanol–water partition coefficient (Wildman–Crippen LogP) is 0.111. The van der Waals surface area contributed by atoms with Crippen LogP contribution in [-0.2, 0) is 14.4 Å². The number of hydrogen-bond acceptors (Lipinski definition) is 4. The molecule has 0 aromatic carbocycles.